The number of aromatic nitrogens is 3. The van der Waals surface area contributed by atoms with Crippen LogP contribution in [-0.2, 0) is 18.3 Å². The van der Waals surface area contributed by atoms with Crippen LogP contribution in [0.15, 0.2) is 15.7 Å². The Morgan fingerprint density at radius 2 is 2.16 bits per heavy atom. The normalized spacial score (nSPS) is 23.3. The first-order chi connectivity index (χ1) is 18.4. The van der Waals surface area contributed by atoms with Crippen LogP contribution < -0.4 is 10.5 Å². The van der Waals surface area contributed by atoms with Crippen molar-refractivity contribution in [2.45, 2.75) is 75.9 Å². The van der Waals surface area contributed by atoms with Crippen LogP contribution in [0.4, 0.5) is 10.8 Å². The Hall–Kier alpha value is -3.65. The van der Waals surface area contributed by atoms with E-state index >= 15 is 0 Å². The van der Waals surface area contributed by atoms with Gasteiger partial charge in [0.25, 0.3) is 0 Å². The minimum Gasteiger partial charge on any atom is -0.473 e. The number of ether oxygens (including phenoxy) is 1. The molecule has 0 bridgehead atoms. The molecule has 2 aliphatic carbocycles. The highest BCUT2D eigenvalue weighted by Crippen LogP contribution is 2.55. The Bertz CT molecular complexity index is 1480. The third-order valence-electron chi connectivity index (χ3n) is 8.33. The summed E-state index contributed by atoms with van der Waals surface area (Å²) >= 11 is 1.51. The van der Waals surface area contributed by atoms with Crippen LogP contribution in [0.1, 0.15) is 72.8 Å². The fourth-order valence-electron chi connectivity index (χ4n) is 6.69. The number of aryl methyl sites for hydroxylation is 1. The van der Waals surface area contributed by atoms with E-state index in [2.05, 4.69) is 38.2 Å². The zero-order chi connectivity index (χ0) is 26.4. The minimum absolute atomic E-state index is 0.104. The first-order valence-corrected chi connectivity index (χ1v) is 13.9. The molecule has 3 aliphatic rings. The summed E-state index contributed by atoms with van der Waals surface area (Å²) in [6.45, 7) is 3.07. The lowest BCUT2D eigenvalue weighted by Gasteiger charge is -2.39. The highest BCUT2D eigenvalue weighted by atomic mass is 32.1. The molecule has 1 spiro atoms. The average Bonchev–Trinajstić information content (AvgIpc) is 3.61. The van der Waals surface area contributed by atoms with Crippen molar-refractivity contribution in [3.8, 4) is 23.5 Å². The number of hydrogen-bond donors (Lipinski definition) is 1. The van der Waals surface area contributed by atoms with Crippen LogP contribution in [0, 0.1) is 11.3 Å². The van der Waals surface area contributed by atoms with E-state index in [0.29, 0.717) is 28.0 Å². The molecule has 3 aromatic rings. The maximum absolute atomic E-state index is 9.94. The van der Waals surface area contributed by atoms with Gasteiger partial charge in [-0.25, -0.2) is 4.98 Å². The zero-order valence-electron chi connectivity index (χ0n) is 21.5. The van der Waals surface area contributed by atoms with Gasteiger partial charge in [-0.05, 0) is 88.1 Å². The zero-order valence-corrected chi connectivity index (χ0v) is 22.3. The molecule has 1 aliphatic heterocycles. The molecule has 38 heavy (non-hydrogen) atoms. The summed E-state index contributed by atoms with van der Waals surface area (Å²) in [6.07, 6.45) is 7.38. The first-order valence-electron chi connectivity index (χ1n) is 13.1. The topological polar surface area (TPSA) is 163 Å². The van der Waals surface area contributed by atoms with Crippen LogP contribution in [0.5, 0.6) is 5.88 Å². The quantitative estimate of drug-likeness (QED) is 0.259. The molecule has 11 nitrogen and oxygen atoms in total. The number of hydrogen-bond acceptors (Lipinski definition) is 10. The van der Waals surface area contributed by atoms with Crippen molar-refractivity contribution in [2.24, 2.45) is 5.11 Å². The van der Waals surface area contributed by atoms with E-state index in [-0.39, 0.29) is 18.0 Å². The van der Waals surface area contributed by atoms with Crippen LogP contribution in [0.3, 0.4) is 0 Å². The summed E-state index contributed by atoms with van der Waals surface area (Å²) < 4.78 is 12.3. The van der Waals surface area contributed by atoms with Gasteiger partial charge >= 0.3 is 0 Å². The number of nitrogens with zero attached hydrogens (tertiary/aromatic N) is 8. The highest BCUT2D eigenvalue weighted by Gasteiger charge is 2.48. The average molecular weight is 532 g/mol. The number of likely N-dealkylation sites (tertiary alicyclic amines) is 1. The van der Waals surface area contributed by atoms with Gasteiger partial charge in [0.15, 0.2) is 17.3 Å². The number of azide groups is 1. The first kappa shape index (κ1) is 24.7. The van der Waals surface area contributed by atoms with Crippen molar-refractivity contribution >= 4 is 22.2 Å². The van der Waals surface area contributed by atoms with Gasteiger partial charge in [-0.1, -0.05) is 5.16 Å². The Morgan fingerprint density at radius 3 is 2.89 bits per heavy atom. The Balaban J connectivity index is 1.42. The maximum Gasteiger partial charge on any atom is 0.217 e. The Labute approximate surface area is 224 Å². The van der Waals surface area contributed by atoms with Gasteiger partial charge in [0.1, 0.15) is 23.0 Å². The molecule has 0 aromatic carbocycles. The highest BCUT2D eigenvalue weighted by molar-refractivity contribution is 7.16. The predicted molar refractivity (Wildman–Crippen MR) is 142 cm³/mol. The summed E-state index contributed by atoms with van der Waals surface area (Å²) in [5.74, 6) is 1.58. The van der Waals surface area contributed by atoms with Crippen molar-refractivity contribution in [1.82, 2.24) is 20.0 Å². The van der Waals surface area contributed by atoms with Crippen LogP contribution in [0.2, 0.25) is 0 Å². The van der Waals surface area contributed by atoms with Gasteiger partial charge in [-0.2, -0.15) is 10.2 Å². The molecule has 6 rings (SSSR count). The van der Waals surface area contributed by atoms with Crippen molar-refractivity contribution < 1.29 is 9.26 Å². The molecular formula is C26H29N9O2S. The number of nitriles is 1. The van der Waals surface area contributed by atoms with E-state index in [0.717, 1.165) is 74.8 Å². The summed E-state index contributed by atoms with van der Waals surface area (Å²) in [4.78, 5) is 15.6. The molecule has 3 aromatic heterocycles. The van der Waals surface area contributed by atoms with E-state index in [9.17, 15) is 5.26 Å². The second-order valence-corrected chi connectivity index (χ2v) is 11.6. The Morgan fingerprint density at radius 1 is 1.34 bits per heavy atom. The van der Waals surface area contributed by atoms with Gasteiger partial charge in [-0.15, -0.1) is 11.3 Å². The molecule has 0 radical (unpaired) electrons. The van der Waals surface area contributed by atoms with Crippen LogP contribution in [0.25, 0.3) is 22.0 Å². The van der Waals surface area contributed by atoms with Crippen LogP contribution in [-0.4, -0.2) is 45.8 Å². The van der Waals surface area contributed by atoms with Crippen molar-refractivity contribution in [3.63, 3.8) is 0 Å². The smallest absolute Gasteiger partial charge is 0.217 e. The third kappa shape index (κ3) is 3.89. The molecule has 12 heteroatoms. The largest absolute Gasteiger partial charge is 0.473 e. The number of nitrogens with two attached hydrogens (primary N) is 1. The van der Waals surface area contributed by atoms with Crippen molar-refractivity contribution in [1.29, 1.82) is 5.26 Å². The molecule has 3 atom stereocenters. The number of nitrogen functional groups attached to an aromatic ring is 1. The molecular weight excluding hydrogens is 502 g/mol. The Kier molecular flexibility index (Phi) is 6.22. The van der Waals surface area contributed by atoms with Gasteiger partial charge in [0, 0.05) is 27.5 Å². The lowest BCUT2D eigenvalue weighted by atomic mass is 9.63. The van der Waals surface area contributed by atoms with E-state index in [1.165, 1.54) is 16.2 Å². The number of likely N-dealkylation sites (N-methyl/N-ethyl adjacent to an activating group) is 1. The second kappa shape index (κ2) is 9.58. The molecule has 0 saturated carbocycles. The van der Waals surface area contributed by atoms with Gasteiger partial charge in [-0.3, -0.25) is 4.90 Å². The number of rotatable bonds is 5. The summed E-state index contributed by atoms with van der Waals surface area (Å²) in [6, 6.07) is 4.19. The molecule has 2 N–H and O–H groups in total. The molecule has 1 fully saturated rings. The lowest BCUT2D eigenvalue weighted by molar-refractivity contribution is 0.117. The minimum atomic E-state index is -0.436. The maximum atomic E-state index is 9.94. The SMILES string of the molecule is C[C@H](Oc1cc(N=[N+]=[N-])nc(-c2noc3c2CCC[C@@]32CCCc3sc(N)c(C#N)c32)n1)[C@@H]1CCCN1C. The molecule has 0 amide bonds. The lowest BCUT2D eigenvalue weighted by Crippen LogP contribution is -2.38. The second-order valence-electron chi connectivity index (χ2n) is 10.5. The number of anilines is 1. The molecule has 1 saturated heterocycles. The van der Waals surface area contributed by atoms with E-state index < -0.39 is 5.41 Å². The van der Waals surface area contributed by atoms with E-state index in [1.807, 2.05) is 6.92 Å². The van der Waals surface area contributed by atoms with E-state index in [4.69, 9.17) is 25.5 Å². The summed E-state index contributed by atoms with van der Waals surface area (Å²) in [5.41, 5.74) is 18.0. The monoisotopic (exact) mass is 531 g/mol. The standard InChI is InChI=1S/C26H29N9O2S/c1-14(17-7-5-11-35(17)2)36-20-12-19(32-34-29)30-25(31-20)22-15-6-3-9-26(23(15)37-33-22)10-4-8-18-21(26)16(13-27)24(28)38-18/h12,14,17H,3-11,28H2,1-2H3/t14-,17-,26-/m0/s1. The van der Waals surface area contributed by atoms with E-state index in [1.54, 1.807) is 6.07 Å². The van der Waals surface area contributed by atoms with Gasteiger partial charge < -0.3 is 15.0 Å². The van der Waals surface area contributed by atoms with Gasteiger partial charge in [0.2, 0.25) is 5.88 Å². The van der Waals surface area contributed by atoms with Crippen molar-refractivity contribution in [2.75, 3.05) is 19.3 Å². The molecule has 4 heterocycles. The van der Waals surface area contributed by atoms with Gasteiger partial charge in [0.05, 0.1) is 11.0 Å². The van der Waals surface area contributed by atoms with Crippen molar-refractivity contribution in [3.05, 3.63) is 43.8 Å². The fraction of sp³-hybridized carbons (Fsp3) is 0.538. The predicted octanol–water partition coefficient (Wildman–Crippen LogP) is 5.41. The molecule has 0 unspecified atom stereocenters. The third-order valence-corrected chi connectivity index (χ3v) is 9.41. The number of fused-ring (bicyclic) bond motifs is 4. The van der Waals surface area contributed by atoms with Crippen LogP contribution >= 0.6 is 11.3 Å². The number of thiophene rings is 1. The molecule has 196 valence electrons. The summed E-state index contributed by atoms with van der Waals surface area (Å²) in [7, 11) is 2.10. The summed E-state index contributed by atoms with van der Waals surface area (Å²) in [5, 5.41) is 18.7. The fourth-order valence-corrected chi connectivity index (χ4v) is 7.85.